The van der Waals surface area contributed by atoms with E-state index in [2.05, 4.69) is 23.3 Å². The molecule has 3 nitrogen and oxygen atoms in total. The molecule has 0 aliphatic carbocycles. The fraction of sp³-hybridized carbons (Fsp3) is 0.500. The van der Waals surface area contributed by atoms with Crippen LogP contribution in [-0.2, 0) is 13.1 Å². The topological polar surface area (TPSA) is 29.9 Å². The molecule has 0 saturated carbocycles. The third-order valence-corrected chi connectivity index (χ3v) is 2.04. The number of aryl methyl sites for hydroxylation is 1. The summed E-state index contributed by atoms with van der Waals surface area (Å²) in [5.41, 5.74) is 2.43. The Morgan fingerprint density at radius 3 is 3.08 bits per heavy atom. The fourth-order valence-electron chi connectivity index (χ4n) is 1.25. The maximum atomic E-state index is 5.19. The Hall–Kier alpha value is -1.27. The van der Waals surface area contributed by atoms with Gasteiger partial charge in [-0.2, -0.15) is 5.10 Å². The first kappa shape index (κ1) is 9.82. The molecule has 0 amide bonds. The summed E-state index contributed by atoms with van der Waals surface area (Å²) in [4.78, 5) is 0. The van der Waals surface area contributed by atoms with Crippen LogP contribution >= 0.6 is 0 Å². The van der Waals surface area contributed by atoms with E-state index in [1.807, 2.05) is 17.9 Å². The summed E-state index contributed by atoms with van der Waals surface area (Å²) in [6, 6.07) is 0. The highest BCUT2D eigenvalue weighted by Gasteiger charge is 2.03. The van der Waals surface area contributed by atoms with Crippen LogP contribution in [0.15, 0.2) is 6.20 Å². The van der Waals surface area contributed by atoms with Gasteiger partial charge in [0.2, 0.25) is 0 Å². The van der Waals surface area contributed by atoms with E-state index in [-0.39, 0.29) is 0 Å². The predicted octanol–water partition coefficient (Wildman–Crippen LogP) is 0.934. The number of terminal acetylenes is 1. The molecule has 1 rings (SSSR count). The zero-order valence-corrected chi connectivity index (χ0v) is 8.17. The Balaban J connectivity index is 2.69. The standard InChI is InChI=1S/C10H15N3/c1-4-5-6-13-9(2)10(7-11-3)8-12-13/h1,8,11H,5-7H2,2-3H3. The number of nitrogens with one attached hydrogen (secondary N) is 1. The van der Waals surface area contributed by atoms with Gasteiger partial charge in [-0.15, -0.1) is 12.3 Å². The van der Waals surface area contributed by atoms with Crippen LogP contribution in [-0.4, -0.2) is 16.8 Å². The summed E-state index contributed by atoms with van der Waals surface area (Å²) in [5.74, 6) is 2.61. The van der Waals surface area contributed by atoms with E-state index in [1.165, 1.54) is 11.3 Å². The summed E-state index contributed by atoms with van der Waals surface area (Å²) >= 11 is 0. The van der Waals surface area contributed by atoms with Gasteiger partial charge in [-0.1, -0.05) is 0 Å². The van der Waals surface area contributed by atoms with E-state index in [0.29, 0.717) is 0 Å². The van der Waals surface area contributed by atoms with Crippen molar-refractivity contribution in [3.63, 3.8) is 0 Å². The Bertz CT molecular complexity index is 306. The van der Waals surface area contributed by atoms with Gasteiger partial charge in [-0.05, 0) is 14.0 Å². The van der Waals surface area contributed by atoms with E-state index >= 15 is 0 Å². The predicted molar refractivity (Wildman–Crippen MR) is 53.2 cm³/mol. The molecule has 70 valence electrons. The molecule has 0 spiro atoms. The first-order chi connectivity index (χ1) is 6.29. The molecule has 1 N–H and O–H groups in total. The highest BCUT2D eigenvalue weighted by molar-refractivity contribution is 5.15. The van der Waals surface area contributed by atoms with E-state index in [4.69, 9.17) is 6.42 Å². The van der Waals surface area contributed by atoms with Crippen LogP contribution in [0, 0.1) is 19.3 Å². The van der Waals surface area contributed by atoms with Crippen LogP contribution in [0.3, 0.4) is 0 Å². The second-order valence-corrected chi connectivity index (χ2v) is 2.96. The first-order valence-corrected chi connectivity index (χ1v) is 4.39. The number of aromatic nitrogens is 2. The average Bonchev–Trinajstić information content (AvgIpc) is 2.46. The minimum absolute atomic E-state index is 0.738. The van der Waals surface area contributed by atoms with E-state index in [1.54, 1.807) is 0 Å². The summed E-state index contributed by atoms with van der Waals surface area (Å²) in [5, 5.41) is 7.35. The van der Waals surface area contributed by atoms with Gasteiger partial charge >= 0.3 is 0 Å². The molecule has 0 atom stereocenters. The fourth-order valence-corrected chi connectivity index (χ4v) is 1.25. The molecule has 3 heteroatoms. The number of nitrogens with zero attached hydrogens (tertiary/aromatic N) is 2. The second kappa shape index (κ2) is 4.68. The Kier molecular flexibility index (Phi) is 3.53. The Morgan fingerprint density at radius 2 is 2.46 bits per heavy atom. The van der Waals surface area contributed by atoms with Gasteiger partial charge in [0.05, 0.1) is 12.7 Å². The highest BCUT2D eigenvalue weighted by Crippen LogP contribution is 2.06. The molecule has 0 unspecified atom stereocenters. The zero-order chi connectivity index (χ0) is 9.68. The van der Waals surface area contributed by atoms with Crippen molar-refractivity contribution in [3.05, 3.63) is 17.5 Å². The van der Waals surface area contributed by atoms with Gasteiger partial charge in [-0.25, -0.2) is 0 Å². The maximum Gasteiger partial charge on any atom is 0.0537 e. The zero-order valence-electron chi connectivity index (χ0n) is 8.17. The molecule has 1 aromatic heterocycles. The molecular weight excluding hydrogens is 162 g/mol. The Labute approximate surface area is 79.1 Å². The van der Waals surface area contributed by atoms with Gasteiger partial charge in [0.1, 0.15) is 0 Å². The van der Waals surface area contributed by atoms with Crippen molar-refractivity contribution in [3.8, 4) is 12.3 Å². The smallest absolute Gasteiger partial charge is 0.0537 e. The maximum absolute atomic E-state index is 5.19. The quantitative estimate of drug-likeness (QED) is 0.693. The molecule has 0 aliphatic rings. The van der Waals surface area contributed by atoms with Crippen molar-refractivity contribution in [1.29, 1.82) is 0 Å². The van der Waals surface area contributed by atoms with Crippen molar-refractivity contribution in [2.75, 3.05) is 7.05 Å². The van der Waals surface area contributed by atoms with Crippen molar-refractivity contribution in [1.82, 2.24) is 15.1 Å². The molecule has 1 heterocycles. The molecule has 0 fully saturated rings. The third-order valence-electron chi connectivity index (χ3n) is 2.04. The van der Waals surface area contributed by atoms with E-state index in [0.717, 1.165) is 19.5 Å². The van der Waals surface area contributed by atoms with Gasteiger partial charge in [0.15, 0.2) is 0 Å². The Morgan fingerprint density at radius 1 is 1.69 bits per heavy atom. The van der Waals surface area contributed by atoms with Crippen LogP contribution in [0.5, 0.6) is 0 Å². The summed E-state index contributed by atoms with van der Waals surface area (Å²) in [6.07, 6.45) is 7.82. The monoisotopic (exact) mass is 177 g/mol. The molecule has 0 aliphatic heterocycles. The first-order valence-electron chi connectivity index (χ1n) is 4.39. The molecule has 0 saturated heterocycles. The summed E-state index contributed by atoms with van der Waals surface area (Å²) < 4.78 is 1.95. The molecule has 0 bridgehead atoms. The highest BCUT2D eigenvalue weighted by atomic mass is 15.3. The van der Waals surface area contributed by atoms with E-state index in [9.17, 15) is 0 Å². The lowest BCUT2D eigenvalue weighted by atomic mass is 10.2. The van der Waals surface area contributed by atoms with Crippen LogP contribution in [0.1, 0.15) is 17.7 Å². The normalized spacial score (nSPS) is 9.92. The third kappa shape index (κ3) is 2.33. The van der Waals surface area contributed by atoms with Crippen LogP contribution < -0.4 is 5.32 Å². The lowest BCUT2D eigenvalue weighted by Gasteiger charge is -2.02. The van der Waals surface area contributed by atoms with Gasteiger partial charge in [0.25, 0.3) is 0 Å². The van der Waals surface area contributed by atoms with Crippen molar-refractivity contribution in [2.24, 2.45) is 0 Å². The molecule has 1 aromatic rings. The number of hydrogen-bond donors (Lipinski definition) is 1. The van der Waals surface area contributed by atoms with Crippen molar-refractivity contribution in [2.45, 2.75) is 26.4 Å². The van der Waals surface area contributed by atoms with Gasteiger partial charge < -0.3 is 5.32 Å². The van der Waals surface area contributed by atoms with Crippen LogP contribution in [0.2, 0.25) is 0 Å². The number of rotatable bonds is 4. The van der Waals surface area contributed by atoms with Crippen LogP contribution in [0.4, 0.5) is 0 Å². The SMILES string of the molecule is C#CCCn1ncc(CNC)c1C. The largest absolute Gasteiger partial charge is 0.316 e. The lowest BCUT2D eigenvalue weighted by Crippen LogP contribution is -2.07. The van der Waals surface area contributed by atoms with Crippen LogP contribution in [0.25, 0.3) is 0 Å². The van der Waals surface area contributed by atoms with Crippen molar-refractivity contribution < 1.29 is 0 Å². The van der Waals surface area contributed by atoms with E-state index < -0.39 is 0 Å². The van der Waals surface area contributed by atoms with Crippen molar-refractivity contribution >= 4 is 0 Å². The molecule has 0 radical (unpaired) electrons. The minimum atomic E-state index is 0.738. The molecule has 13 heavy (non-hydrogen) atoms. The van der Waals surface area contributed by atoms with Gasteiger partial charge in [0, 0.05) is 24.2 Å². The number of hydrogen-bond acceptors (Lipinski definition) is 2. The average molecular weight is 177 g/mol. The summed E-state index contributed by atoms with van der Waals surface area (Å²) in [6.45, 7) is 3.74. The van der Waals surface area contributed by atoms with Gasteiger partial charge in [-0.3, -0.25) is 4.68 Å². The second-order valence-electron chi connectivity index (χ2n) is 2.96. The summed E-state index contributed by atoms with van der Waals surface area (Å²) in [7, 11) is 1.93. The lowest BCUT2D eigenvalue weighted by molar-refractivity contribution is 0.610. The molecular formula is C10H15N3. The molecule has 0 aromatic carbocycles. The minimum Gasteiger partial charge on any atom is -0.316 e.